The van der Waals surface area contributed by atoms with Crippen LogP contribution in [0, 0.1) is 0 Å². The van der Waals surface area contributed by atoms with Crippen molar-refractivity contribution in [2.24, 2.45) is 4.99 Å². The maximum Gasteiger partial charge on any atom is 0.161 e. The lowest BCUT2D eigenvalue weighted by atomic mass is 10.2. The van der Waals surface area contributed by atoms with E-state index in [9.17, 15) is 0 Å². The van der Waals surface area contributed by atoms with E-state index >= 15 is 0 Å². The smallest absolute Gasteiger partial charge is 0.161 e. The van der Waals surface area contributed by atoms with Crippen molar-refractivity contribution in [2.45, 2.75) is 31.6 Å². The number of amidine groups is 1. The number of thioether (sulfide) groups is 1. The van der Waals surface area contributed by atoms with Crippen LogP contribution in [0.4, 0.5) is 5.69 Å². The molecule has 0 aliphatic carbocycles. The van der Waals surface area contributed by atoms with Gasteiger partial charge in [0.25, 0.3) is 0 Å². The molecule has 1 aromatic rings. The number of aliphatic imine (C=N–C) groups is 1. The van der Waals surface area contributed by atoms with Gasteiger partial charge in [-0.05, 0) is 37.6 Å². The molecular formula is C12H15ClN2S. The summed E-state index contributed by atoms with van der Waals surface area (Å²) in [5.74, 6) is 0. The van der Waals surface area contributed by atoms with Crippen molar-refractivity contribution in [3.8, 4) is 0 Å². The first kappa shape index (κ1) is 11.8. The molecule has 0 saturated heterocycles. The van der Waals surface area contributed by atoms with Gasteiger partial charge < -0.3 is 5.32 Å². The Labute approximate surface area is 105 Å². The highest BCUT2D eigenvalue weighted by Crippen LogP contribution is 2.26. The zero-order valence-corrected chi connectivity index (χ0v) is 11.0. The van der Waals surface area contributed by atoms with Crippen molar-refractivity contribution in [3.63, 3.8) is 0 Å². The van der Waals surface area contributed by atoms with E-state index in [-0.39, 0.29) is 0 Å². The maximum atomic E-state index is 5.84. The third kappa shape index (κ3) is 3.16. The summed E-state index contributed by atoms with van der Waals surface area (Å²) in [5.41, 5.74) is 1.04. The average molecular weight is 255 g/mol. The Balaban J connectivity index is 2.07. The van der Waals surface area contributed by atoms with Crippen molar-refractivity contribution in [1.82, 2.24) is 0 Å². The van der Waals surface area contributed by atoms with Crippen LogP contribution in [0.1, 0.15) is 20.3 Å². The van der Waals surface area contributed by atoms with Gasteiger partial charge in [-0.3, -0.25) is 4.99 Å². The molecule has 2 atom stereocenters. The average Bonchev–Trinajstić information content (AvgIpc) is 2.20. The number of benzene rings is 1. The summed E-state index contributed by atoms with van der Waals surface area (Å²) < 4.78 is 0. The van der Waals surface area contributed by atoms with Crippen molar-refractivity contribution in [1.29, 1.82) is 0 Å². The van der Waals surface area contributed by atoms with E-state index in [0.29, 0.717) is 11.3 Å². The molecule has 0 radical (unpaired) electrons. The third-order valence-corrected chi connectivity index (χ3v) is 3.70. The Morgan fingerprint density at radius 2 is 2.00 bits per heavy atom. The first-order chi connectivity index (χ1) is 7.63. The summed E-state index contributed by atoms with van der Waals surface area (Å²) in [6, 6.07) is 8.10. The molecule has 0 aromatic heterocycles. The Hall–Kier alpha value is -0.670. The molecule has 86 valence electrons. The van der Waals surface area contributed by atoms with Gasteiger partial charge in [-0.15, -0.1) is 0 Å². The minimum absolute atomic E-state index is 0.408. The van der Waals surface area contributed by atoms with Crippen LogP contribution < -0.4 is 5.32 Å². The Morgan fingerprint density at radius 3 is 2.62 bits per heavy atom. The minimum atomic E-state index is 0.408. The number of hydrogen-bond donors (Lipinski definition) is 1. The van der Waals surface area contributed by atoms with Crippen molar-refractivity contribution in [3.05, 3.63) is 29.3 Å². The molecule has 4 heteroatoms. The summed E-state index contributed by atoms with van der Waals surface area (Å²) in [6.07, 6.45) is 1.15. The lowest BCUT2D eigenvalue weighted by Crippen LogP contribution is -2.22. The monoisotopic (exact) mass is 254 g/mol. The molecule has 2 nitrogen and oxygen atoms in total. The summed E-state index contributed by atoms with van der Waals surface area (Å²) >= 11 is 7.63. The maximum absolute atomic E-state index is 5.84. The molecule has 2 rings (SSSR count). The molecule has 1 heterocycles. The van der Waals surface area contributed by atoms with Gasteiger partial charge in [-0.2, -0.15) is 0 Å². The fourth-order valence-corrected chi connectivity index (χ4v) is 3.02. The lowest BCUT2D eigenvalue weighted by Gasteiger charge is -2.22. The van der Waals surface area contributed by atoms with Crippen LogP contribution in [-0.4, -0.2) is 16.5 Å². The van der Waals surface area contributed by atoms with E-state index < -0.39 is 0 Å². The summed E-state index contributed by atoms with van der Waals surface area (Å²) in [7, 11) is 0. The molecule has 0 spiro atoms. The largest absolute Gasteiger partial charge is 0.335 e. The van der Waals surface area contributed by atoms with Crippen molar-refractivity contribution in [2.75, 3.05) is 5.32 Å². The van der Waals surface area contributed by atoms with Crippen molar-refractivity contribution < 1.29 is 0 Å². The van der Waals surface area contributed by atoms with Crippen LogP contribution in [-0.2, 0) is 0 Å². The van der Waals surface area contributed by atoms with Gasteiger partial charge in [0, 0.05) is 16.0 Å². The summed E-state index contributed by atoms with van der Waals surface area (Å²) in [4.78, 5) is 4.59. The van der Waals surface area contributed by atoms with Gasteiger partial charge in [0.15, 0.2) is 5.17 Å². The molecule has 0 bridgehead atoms. The number of nitrogens with zero attached hydrogens (tertiary/aromatic N) is 1. The van der Waals surface area contributed by atoms with Gasteiger partial charge >= 0.3 is 0 Å². The molecule has 1 N–H and O–H groups in total. The molecule has 16 heavy (non-hydrogen) atoms. The first-order valence-electron chi connectivity index (χ1n) is 5.40. The van der Waals surface area contributed by atoms with Gasteiger partial charge in [-0.1, -0.05) is 30.3 Å². The number of nitrogens with one attached hydrogen (secondary N) is 1. The van der Waals surface area contributed by atoms with Crippen LogP contribution in [0.5, 0.6) is 0 Å². The topological polar surface area (TPSA) is 24.4 Å². The third-order valence-electron chi connectivity index (χ3n) is 2.42. The highest BCUT2D eigenvalue weighted by molar-refractivity contribution is 8.14. The van der Waals surface area contributed by atoms with Crippen LogP contribution in [0.2, 0.25) is 5.02 Å². The number of rotatable bonds is 1. The molecular weight excluding hydrogens is 240 g/mol. The Kier molecular flexibility index (Phi) is 3.77. The molecule has 0 saturated carbocycles. The van der Waals surface area contributed by atoms with E-state index in [1.165, 1.54) is 0 Å². The highest BCUT2D eigenvalue weighted by Gasteiger charge is 2.18. The SMILES string of the molecule is CC1CC(C)SC(Nc2ccc(Cl)cc2)=N1. The molecule has 0 amide bonds. The van der Waals surface area contributed by atoms with E-state index in [4.69, 9.17) is 11.6 Å². The minimum Gasteiger partial charge on any atom is -0.335 e. The molecule has 1 aliphatic rings. The number of anilines is 1. The first-order valence-corrected chi connectivity index (χ1v) is 6.66. The normalized spacial score (nSPS) is 25.1. The van der Waals surface area contributed by atoms with E-state index in [1.807, 2.05) is 24.3 Å². The second kappa shape index (κ2) is 5.11. The zero-order valence-electron chi connectivity index (χ0n) is 9.40. The number of hydrogen-bond acceptors (Lipinski definition) is 3. The van der Waals surface area contributed by atoms with Crippen molar-refractivity contribution >= 4 is 34.2 Å². The molecule has 2 unspecified atom stereocenters. The van der Waals surface area contributed by atoms with Crippen LogP contribution in [0.25, 0.3) is 0 Å². The van der Waals surface area contributed by atoms with Crippen LogP contribution >= 0.6 is 23.4 Å². The highest BCUT2D eigenvalue weighted by atomic mass is 35.5. The van der Waals surface area contributed by atoms with Gasteiger partial charge in [-0.25, -0.2) is 0 Å². The summed E-state index contributed by atoms with van der Waals surface area (Å²) in [6.45, 7) is 4.39. The standard InChI is InChI=1S/C12H15ClN2S/c1-8-7-9(2)16-12(14-8)15-11-5-3-10(13)4-6-11/h3-6,8-9H,7H2,1-2H3,(H,14,15). The van der Waals surface area contributed by atoms with Crippen LogP contribution in [0.15, 0.2) is 29.3 Å². The van der Waals surface area contributed by atoms with Gasteiger partial charge in [0.2, 0.25) is 0 Å². The molecule has 0 fully saturated rings. The quantitative estimate of drug-likeness (QED) is 0.819. The summed E-state index contributed by atoms with van der Waals surface area (Å²) in [5, 5.41) is 5.71. The molecule has 1 aromatic carbocycles. The Bertz CT molecular complexity index is 389. The second-order valence-corrected chi connectivity index (χ2v) is 5.94. The van der Waals surface area contributed by atoms with E-state index in [1.54, 1.807) is 11.8 Å². The fraction of sp³-hybridized carbons (Fsp3) is 0.417. The second-order valence-electron chi connectivity index (χ2n) is 4.08. The number of halogens is 1. The van der Waals surface area contributed by atoms with Crippen LogP contribution in [0.3, 0.4) is 0 Å². The molecule has 1 aliphatic heterocycles. The van der Waals surface area contributed by atoms with E-state index in [2.05, 4.69) is 24.2 Å². The lowest BCUT2D eigenvalue weighted by molar-refractivity contribution is 0.661. The predicted molar refractivity (Wildman–Crippen MR) is 73.6 cm³/mol. The fourth-order valence-electron chi connectivity index (χ4n) is 1.72. The predicted octanol–water partition coefficient (Wildman–Crippen LogP) is 4.02. The van der Waals surface area contributed by atoms with E-state index in [0.717, 1.165) is 22.3 Å². The Morgan fingerprint density at radius 1 is 1.31 bits per heavy atom. The van der Waals surface area contributed by atoms with Gasteiger partial charge in [0.05, 0.1) is 6.04 Å². The van der Waals surface area contributed by atoms with Gasteiger partial charge in [0.1, 0.15) is 0 Å². The zero-order chi connectivity index (χ0) is 11.5.